The van der Waals surface area contributed by atoms with E-state index in [1.165, 1.54) is 37.7 Å². The predicted molar refractivity (Wildman–Crippen MR) is 85.1 cm³/mol. The summed E-state index contributed by atoms with van der Waals surface area (Å²) in [5, 5.41) is 0. The molecule has 1 aromatic rings. The van der Waals surface area contributed by atoms with Crippen LogP contribution in [0.5, 0.6) is 5.75 Å². The number of nitrogens with two attached hydrogens (primary N) is 1. The van der Waals surface area contributed by atoms with Gasteiger partial charge in [0.2, 0.25) is 0 Å². The van der Waals surface area contributed by atoms with Gasteiger partial charge in [-0.2, -0.15) is 0 Å². The Kier molecular flexibility index (Phi) is 5.90. The number of hydrogen-bond acceptors (Lipinski definition) is 2. The molecule has 2 rings (SSSR count). The van der Waals surface area contributed by atoms with Gasteiger partial charge in [0.15, 0.2) is 0 Å². The lowest BCUT2D eigenvalue weighted by molar-refractivity contribution is 0.0904. The fraction of sp³-hybridized carbons (Fsp3) is 0.667. The van der Waals surface area contributed by atoms with Gasteiger partial charge in [-0.15, -0.1) is 0 Å². The van der Waals surface area contributed by atoms with Crippen molar-refractivity contribution >= 4 is 0 Å². The lowest BCUT2D eigenvalue weighted by atomic mass is 9.85. The summed E-state index contributed by atoms with van der Waals surface area (Å²) in [6.07, 6.45) is 8.97. The van der Waals surface area contributed by atoms with Crippen LogP contribution in [0, 0.1) is 5.92 Å². The molecule has 3 unspecified atom stereocenters. The quantitative estimate of drug-likeness (QED) is 0.839. The van der Waals surface area contributed by atoms with Crippen LogP contribution in [-0.2, 0) is 6.42 Å². The summed E-state index contributed by atoms with van der Waals surface area (Å²) in [6, 6.07) is 8.89. The van der Waals surface area contributed by atoms with Gasteiger partial charge >= 0.3 is 0 Å². The summed E-state index contributed by atoms with van der Waals surface area (Å²) in [5.41, 5.74) is 7.15. The molecule has 0 amide bonds. The number of ether oxygens (including phenoxy) is 1. The summed E-state index contributed by atoms with van der Waals surface area (Å²) in [4.78, 5) is 0. The van der Waals surface area contributed by atoms with Crippen LogP contribution in [0.3, 0.4) is 0 Å². The van der Waals surface area contributed by atoms with Gasteiger partial charge in [0, 0.05) is 6.04 Å². The highest BCUT2D eigenvalue weighted by molar-refractivity contribution is 5.27. The second-order valence-electron chi connectivity index (χ2n) is 6.27. The SMILES string of the molecule is CCC1CCCCC1Oc1ccc(CCC(C)N)cc1. The molecule has 1 fully saturated rings. The van der Waals surface area contributed by atoms with Crippen molar-refractivity contribution in [1.82, 2.24) is 0 Å². The maximum Gasteiger partial charge on any atom is 0.119 e. The first-order chi connectivity index (χ1) is 9.69. The van der Waals surface area contributed by atoms with Crippen molar-refractivity contribution in [3.05, 3.63) is 29.8 Å². The van der Waals surface area contributed by atoms with Gasteiger partial charge in [0.25, 0.3) is 0 Å². The molecule has 2 nitrogen and oxygen atoms in total. The smallest absolute Gasteiger partial charge is 0.119 e. The van der Waals surface area contributed by atoms with E-state index in [0.717, 1.165) is 24.5 Å². The van der Waals surface area contributed by atoms with Crippen molar-refractivity contribution < 1.29 is 4.74 Å². The lowest BCUT2D eigenvalue weighted by Gasteiger charge is -2.31. The van der Waals surface area contributed by atoms with Crippen molar-refractivity contribution in [2.75, 3.05) is 0 Å². The average Bonchev–Trinajstić information content (AvgIpc) is 2.47. The highest BCUT2D eigenvalue weighted by Gasteiger charge is 2.25. The Balaban J connectivity index is 1.89. The molecule has 1 aliphatic carbocycles. The van der Waals surface area contributed by atoms with E-state index < -0.39 is 0 Å². The van der Waals surface area contributed by atoms with Gasteiger partial charge < -0.3 is 10.5 Å². The molecule has 112 valence electrons. The molecule has 1 aromatic carbocycles. The Bertz CT molecular complexity index is 385. The average molecular weight is 275 g/mol. The van der Waals surface area contributed by atoms with Crippen molar-refractivity contribution in [3.8, 4) is 5.75 Å². The number of rotatable bonds is 6. The molecule has 3 atom stereocenters. The summed E-state index contributed by atoms with van der Waals surface area (Å²) < 4.78 is 6.21. The number of hydrogen-bond donors (Lipinski definition) is 1. The van der Waals surface area contributed by atoms with E-state index in [1.54, 1.807) is 0 Å². The topological polar surface area (TPSA) is 35.2 Å². The van der Waals surface area contributed by atoms with Crippen LogP contribution in [0.2, 0.25) is 0 Å². The van der Waals surface area contributed by atoms with Gasteiger partial charge in [-0.1, -0.05) is 25.5 Å². The van der Waals surface area contributed by atoms with Gasteiger partial charge in [0.1, 0.15) is 11.9 Å². The first-order valence-electron chi connectivity index (χ1n) is 8.20. The molecule has 2 heteroatoms. The molecule has 20 heavy (non-hydrogen) atoms. The van der Waals surface area contributed by atoms with Crippen molar-refractivity contribution in [2.24, 2.45) is 11.7 Å². The number of benzene rings is 1. The summed E-state index contributed by atoms with van der Waals surface area (Å²) >= 11 is 0. The van der Waals surface area contributed by atoms with Crippen LogP contribution < -0.4 is 10.5 Å². The van der Waals surface area contributed by atoms with E-state index in [9.17, 15) is 0 Å². The zero-order valence-electron chi connectivity index (χ0n) is 13.0. The molecule has 2 N–H and O–H groups in total. The Morgan fingerprint density at radius 1 is 1.20 bits per heavy atom. The third-order valence-electron chi connectivity index (χ3n) is 4.46. The summed E-state index contributed by atoms with van der Waals surface area (Å²) in [7, 11) is 0. The van der Waals surface area contributed by atoms with E-state index in [1.807, 2.05) is 0 Å². The van der Waals surface area contributed by atoms with Crippen molar-refractivity contribution in [1.29, 1.82) is 0 Å². The molecule has 1 aliphatic rings. The second-order valence-corrected chi connectivity index (χ2v) is 6.27. The first-order valence-corrected chi connectivity index (χ1v) is 8.20. The lowest BCUT2D eigenvalue weighted by Crippen LogP contribution is -2.29. The minimum atomic E-state index is 0.276. The van der Waals surface area contributed by atoms with Gasteiger partial charge in [-0.25, -0.2) is 0 Å². The Labute approximate surface area is 123 Å². The first kappa shape index (κ1) is 15.4. The van der Waals surface area contributed by atoms with Crippen LogP contribution in [-0.4, -0.2) is 12.1 Å². The zero-order valence-corrected chi connectivity index (χ0v) is 13.0. The van der Waals surface area contributed by atoms with Crippen LogP contribution in [0.1, 0.15) is 57.9 Å². The highest BCUT2D eigenvalue weighted by atomic mass is 16.5. The predicted octanol–water partition coefficient (Wildman–Crippen LogP) is 4.31. The molecule has 0 heterocycles. The van der Waals surface area contributed by atoms with Gasteiger partial charge in [-0.05, 0) is 69.1 Å². The fourth-order valence-electron chi connectivity index (χ4n) is 3.10. The van der Waals surface area contributed by atoms with E-state index in [2.05, 4.69) is 38.1 Å². The summed E-state index contributed by atoms with van der Waals surface area (Å²) in [6.45, 7) is 4.34. The normalized spacial score (nSPS) is 24.4. The van der Waals surface area contributed by atoms with Crippen LogP contribution in [0.15, 0.2) is 24.3 Å². The molecular weight excluding hydrogens is 246 g/mol. The van der Waals surface area contributed by atoms with Crippen LogP contribution in [0.4, 0.5) is 0 Å². The van der Waals surface area contributed by atoms with Crippen LogP contribution in [0.25, 0.3) is 0 Å². The maximum absolute atomic E-state index is 6.21. The molecule has 0 saturated heterocycles. The van der Waals surface area contributed by atoms with E-state index in [-0.39, 0.29) is 6.04 Å². The number of aryl methyl sites for hydroxylation is 1. The Hall–Kier alpha value is -1.02. The standard InChI is InChI=1S/C18H29NO/c1-3-16-6-4-5-7-18(16)20-17-12-10-15(11-13-17)9-8-14(2)19/h10-14,16,18H,3-9,19H2,1-2H3. The molecule has 0 aliphatic heterocycles. The molecular formula is C18H29NO. The zero-order chi connectivity index (χ0) is 14.4. The largest absolute Gasteiger partial charge is 0.490 e. The van der Waals surface area contributed by atoms with Gasteiger partial charge in [0.05, 0.1) is 0 Å². The van der Waals surface area contributed by atoms with Gasteiger partial charge in [-0.3, -0.25) is 0 Å². The second kappa shape index (κ2) is 7.68. The van der Waals surface area contributed by atoms with E-state index in [4.69, 9.17) is 10.5 Å². The minimum absolute atomic E-state index is 0.276. The molecule has 1 saturated carbocycles. The molecule has 0 spiro atoms. The monoisotopic (exact) mass is 275 g/mol. The third kappa shape index (κ3) is 4.52. The highest BCUT2D eigenvalue weighted by Crippen LogP contribution is 2.30. The van der Waals surface area contributed by atoms with E-state index >= 15 is 0 Å². The molecule has 0 radical (unpaired) electrons. The van der Waals surface area contributed by atoms with Crippen molar-refractivity contribution in [3.63, 3.8) is 0 Å². The fourth-order valence-corrected chi connectivity index (χ4v) is 3.10. The van der Waals surface area contributed by atoms with Crippen LogP contribution >= 0.6 is 0 Å². The minimum Gasteiger partial charge on any atom is -0.490 e. The third-order valence-corrected chi connectivity index (χ3v) is 4.46. The molecule has 0 bridgehead atoms. The Morgan fingerprint density at radius 2 is 1.90 bits per heavy atom. The summed E-state index contributed by atoms with van der Waals surface area (Å²) in [5.74, 6) is 1.77. The maximum atomic E-state index is 6.21. The Morgan fingerprint density at radius 3 is 2.55 bits per heavy atom. The molecule has 0 aromatic heterocycles. The van der Waals surface area contributed by atoms with Crippen molar-refractivity contribution in [2.45, 2.75) is 70.9 Å². The van der Waals surface area contributed by atoms with E-state index in [0.29, 0.717) is 6.10 Å².